The summed E-state index contributed by atoms with van der Waals surface area (Å²) in [6, 6.07) is 12.3. The van der Waals surface area contributed by atoms with Crippen molar-refractivity contribution in [2.75, 3.05) is 39.4 Å². The molecule has 2 aromatic rings. The van der Waals surface area contributed by atoms with Gasteiger partial charge in [0.2, 0.25) is 11.8 Å². The number of amides is 2. The molecular weight excluding hydrogens is 433 g/mol. The molecule has 2 aromatic carbocycles. The van der Waals surface area contributed by atoms with E-state index in [0.717, 1.165) is 30.8 Å². The number of hydrogen-bond acceptors (Lipinski definition) is 4. The van der Waals surface area contributed by atoms with Gasteiger partial charge in [0.25, 0.3) is 0 Å². The van der Waals surface area contributed by atoms with Crippen LogP contribution in [0.4, 0.5) is 4.39 Å². The van der Waals surface area contributed by atoms with E-state index >= 15 is 0 Å². The Morgan fingerprint density at radius 3 is 2.38 bits per heavy atom. The number of carbonyl (C=O) groups is 2. The molecule has 1 saturated heterocycles. The highest BCUT2D eigenvalue weighted by Crippen LogP contribution is 2.15. The Bertz CT molecular complexity index is 886. The van der Waals surface area contributed by atoms with Crippen LogP contribution in [0.2, 0.25) is 5.02 Å². The summed E-state index contributed by atoms with van der Waals surface area (Å²) in [6.45, 7) is 6.27. The smallest absolute Gasteiger partial charge is 0.242 e. The number of ether oxygens (including phenoxy) is 1. The fraction of sp³-hybridized carbons (Fsp3) is 0.417. The highest BCUT2D eigenvalue weighted by molar-refractivity contribution is 6.30. The predicted octanol–water partition coefficient (Wildman–Crippen LogP) is 2.89. The van der Waals surface area contributed by atoms with Gasteiger partial charge in [-0.05, 0) is 42.3 Å². The molecule has 8 heteroatoms. The Balaban J connectivity index is 1.65. The summed E-state index contributed by atoms with van der Waals surface area (Å²) in [7, 11) is 0. The molecule has 172 valence electrons. The lowest BCUT2D eigenvalue weighted by molar-refractivity contribution is -0.140. The number of hydrogen-bond donors (Lipinski definition) is 1. The van der Waals surface area contributed by atoms with Gasteiger partial charge in [-0.15, -0.1) is 0 Å². The van der Waals surface area contributed by atoms with Crippen molar-refractivity contribution >= 4 is 23.4 Å². The van der Waals surface area contributed by atoms with Crippen LogP contribution >= 0.6 is 11.6 Å². The summed E-state index contributed by atoms with van der Waals surface area (Å²) in [6.07, 6.45) is 0.143. The topological polar surface area (TPSA) is 61.9 Å². The largest absolute Gasteiger partial charge is 0.379 e. The monoisotopic (exact) mass is 461 g/mol. The van der Waals surface area contributed by atoms with E-state index in [1.165, 1.54) is 17.0 Å². The zero-order valence-corrected chi connectivity index (χ0v) is 19.0. The van der Waals surface area contributed by atoms with E-state index in [9.17, 15) is 14.0 Å². The van der Waals surface area contributed by atoms with Crippen molar-refractivity contribution in [3.63, 3.8) is 0 Å². The molecule has 6 nitrogen and oxygen atoms in total. The van der Waals surface area contributed by atoms with E-state index in [-0.39, 0.29) is 30.6 Å². The Hall–Kier alpha value is -2.48. The van der Waals surface area contributed by atoms with Crippen molar-refractivity contribution < 1.29 is 18.7 Å². The predicted molar refractivity (Wildman–Crippen MR) is 122 cm³/mol. The van der Waals surface area contributed by atoms with Gasteiger partial charge in [-0.2, -0.15) is 0 Å². The lowest BCUT2D eigenvalue weighted by Gasteiger charge is -2.30. The zero-order valence-electron chi connectivity index (χ0n) is 18.2. The van der Waals surface area contributed by atoms with Gasteiger partial charge in [0.1, 0.15) is 11.9 Å². The Kier molecular flexibility index (Phi) is 9.02. The van der Waals surface area contributed by atoms with E-state index in [2.05, 4.69) is 10.2 Å². The molecule has 1 aliphatic rings. The Labute approximate surface area is 193 Å². The van der Waals surface area contributed by atoms with Gasteiger partial charge in [-0.3, -0.25) is 14.5 Å². The maximum absolute atomic E-state index is 13.3. The normalized spacial score (nSPS) is 15.2. The van der Waals surface area contributed by atoms with Crippen LogP contribution in [0.3, 0.4) is 0 Å². The first kappa shape index (κ1) is 24.2. The summed E-state index contributed by atoms with van der Waals surface area (Å²) in [4.78, 5) is 29.8. The molecule has 0 radical (unpaired) electrons. The fourth-order valence-corrected chi connectivity index (χ4v) is 3.68. The molecule has 32 heavy (non-hydrogen) atoms. The average Bonchev–Trinajstić information content (AvgIpc) is 2.80. The number of carbonyl (C=O) groups excluding carboxylic acids is 2. The average molecular weight is 462 g/mol. The van der Waals surface area contributed by atoms with Crippen LogP contribution in [-0.4, -0.2) is 67.0 Å². The molecule has 0 saturated carbocycles. The van der Waals surface area contributed by atoms with E-state index in [4.69, 9.17) is 16.3 Å². The molecule has 1 aliphatic heterocycles. The van der Waals surface area contributed by atoms with E-state index < -0.39 is 6.04 Å². The van der Waals surface area contributed by atoms with Crippen LogP contribution in [0, 0.1) is 5.82 Å². The first-order valence-corrected chi connectivity index (χ1v) is 11.2. The van der Waals surface area contributed by atoms with Crippen molar-refractivity contribution in [3.05, 3.63) is 70.5 Å². The van der Waals surface area contributed by atoms with Crippen LogP contribution in [0.5, 0.6) is 0 Å². The van der Waals surface area contributed by atoms with Crippen LogP contribution in [0.1, 0.15) is 18.1 Å². The summed E-state index contributed by atoms with van der Waals surface area (Å²) >= 11 is 5.94. The third kappa shape index (κ3) is 7.29. The number of halogens is 2. The van der Waals surface area contributed by atoms with E-state index in [0.29, 0.717) is 24.8 Å². The first-order chi connectivity index (χ1) is 15.4. The van der Waals surface area contributed by atoms with Gasteiger partial charge in [0.05, 0.1) is 19.6 Å². The van der Waals surface area contributed by atoms with Crippen LogP contribution in [0.15, 0.2) is 48.5 Å². The fourth-order valence-electron chi connectivity index (χ4n) is 3.56. The van der Waals surface area contributed by atoms with Gasteiger partial charge in [-0.25, -0.2) is 4.39 Å². The SMILES string of the molecule is C[C@H](C(=O)NCCN1CCOCC1)N(Cc1ccc(F)cc1)C(=O)Cc1ccc(Cl)cc1. The number of morpholine rings is 1. The molecule has 1 atom stereocenters. The van der Waals surface area contributed by atoms with Crippen molar-refractivity contribution in [3.8, 4) is 0 Å². The minimum absolute atomic E-state index is 0.143. The lowest BCUT2D eigenvalue weighted by Crippen LogP contribution is -2.49. The van der Waals surface area contributed by atoms with Gasteiger partial charge in [-0.1, -0.05) is 35.9 Å². The van der Waals surface area contributed by atoms with Crippen molar-refractivity contribution in [2.45, 2.75) is 25.9 Å². The molecule has 0 spiro atoms. The standard InChI is InChI=1S/C24H29ClFN3O3/c1-18(24(31)27-10-11-28-12-14-32-15-13-28)29(17-20-4-8-22(26)9-5-20)23(30)16-19-2-6-21(25)7-3-19/h2-9,18H,10-17H2,1H3,(H,27,31)/t18-/m1/s1. The second kappa shape index (κ2) is 11.9. The number of nitrogens with zero attached hydrogens (tertiary/aromatic N) is 2. The maximum Gasteiger partial charge on any atom is 0.242 e. The Morgan fingerprint density at radius 2 is 1.72 bits per heavy atom. The molecule has 1 fully saturated rings. The lowest BCUT2D eigenvalue weighted by atomic mass is 10.1. The van der Waals surface area contributed by atoms with E-state index in [1.54, 1.807) is 43.3 Å². The molecule has 0 aromatic heterocycles. The molecule has 3 rings (SSSR count). The van der Waals surface area contributed by atoms with Gasteiger partial charge < -0.3 is 15.0 Å². The second-order valence-electron chi connectivity index (χ2n) is 7.87. The summed E-state index contributed by atoms with van der Waals surface area (Å²) in [5.74, 6) is -0.751. The highest BCUT2D eigenvalue weighted by Gasteiger charge is 2.26. The number of rotatable bonds is 9. The molecule has 0 bridgehead atoms. The van der Waals surface area contributed by atoms with Crippen LogP contribution in [0.25, 0.3) is 0 Å². The first-order valence-electron chi connectivity index (χ1n) is 10.8. The molecule has 1 heterocycles. The maximum atomic E-state index is 13.3. The quantitative estimate of drug-likeness (QED) is 0.623. The molecule has 0 aliphatic carbocycles. The van der Waals surface area contributed by atoms with Crippen molar-refractivity contribution in [2.24, 2.45) is 0 Å². The van der Waals surface area contributed by atoms with Gasteiger partial charge >= 0.3 is 0 Å². The van der Waals surface area contributed by atoms with Crippen molar-refractivity contribution in [1.82, 2.24) is 15.1 Å². The number of nitrogens with one attached hydrogen (secondary N) is 1. The summed E-state index contributed by atoms with van der Waals surface area (Å²) < 4.78 is 18.7. The third-order valence-electron chi connectivity index (χ3n) is 5.53. The van der Waals surface area contributed by atoms with Crippen LogP contribution < -0.4 is 5.32 Å². The van der Waals surface area contributed by atoms with E-state index in [1.807, 2.05) is 0 Å². The Morgan fingerprint density at radius 1 is 1.09 bits per heavy atom. The summed E-state index contributed by atoms with van der Waals surface area (Å²) in [5, 5.41) is 3.53. The molecule has 2 amide bonds. The second-order valence-corrected chi connectivity index (χ2v) is 8.31. The summed E-state index contributed by atoms with van der Waals surface area (Å²) in [5.41, 5.74) is 1.56. The number of benzene rings is 2. The minimum atomic E-state index is -0.676. The van der Waals surface area contributed by atoms with Gasteiger partial charge in [0, 0.05) is 37.7 Å². The molecular formula is C24H29ClFN3O3. The minimum Gasteiger partial charge on any atom is -0.379 e. The van der Waals surface area contributed by atoms with Crippen molar-refractivity contribution in [1.29, 1.82) is 0 Å². The molecule has 1 N–H and O–H groups in total. The highest BCUT2D eigenvalue weighted by atomic mass is 35.5. The third-order valence-corrected chi connectivity index (χ3v) is 5.79. The van der Waals surface area contributed by atoms with Gasteiger partial charge in [0.15, 0.2) is 0 Å². The molecule has 0 unspecified atom stereocenters. The van der Waals surface area contributed by atoms with Crippen LogP contribution in [-0.2, 0) is 27.3 Å². The zero-order chi connectivity index (χ0) is 22.9.